The third-order valence-electron chi connectivity index (χ3n) is 13.5. The molecule has 0 radical (unpaired) electrons. The quantitative estimate of drug-likeness (QED) is 0.168. The summed E-state index contributed by atoms with van der Waals surface area (Å²) in [5.41, 5.74) is 3.62. The molecule has 7 rings (SSSR count). The number of carbonyl (C=O) groups excluding carboxylic acids is 5. The summed E-state index contributed by atoms with van der Waals surface area (Å²) < 4.78 is 59.7. The summed E-state index contributed by atoms with van der Waals surface area (Å²) in [6, 6.07) is 4.97. The van der Waals surface area contributed by atoms with Crippen LogP contribution in [0.4, 0.5) is 13.2 Å². The number of methoxy groups -OCH3 is 1. The molecular formula is C49H62F3N9O8. The van der Waals surface area contributed by atoms with Crippen LogP contribution in [-0.4, -0.2) is 128 Å². The second kappa shape index (κ2) is 20.0. The van der Waals surface area contributed by atoms with Crippen LogP contribution >= 0.6 is 0 Å². The van der Waals surface area contributed by atoms with Gasteiger partial charge in [-0.3, -0.25) is 43.0 Å². The Morgan fingerprint density at radius 1 is 1.12 bits per heavy atom. The Bertz CT molecular complexity index is 2700. The number of nitrogens with one attached hydrogen (secondary N) is 2. The van der Waals surface area contributed by atoms with Gasteiger partial charge in [-0.05, 0) is 73.9 Å². The van der Waals surface area contributed by atoms with Crippen LogP contribution < -0.4 is 16.3 Å². The molecule has 2 saturated heterocycles. The van der Waals surface area contributed by atoms with Crippen molar-refractivity contribution in [2.24, 2.45) is 24.3 Å². The zero-order valence-corrected chi connectivity index (χ0v) is 40.4. The number of pyridine rings is 1. The number of esters is 1. The van der Waals surface area contributed by atoms with Gasteiger partial charge in [-0.25, -0.2) is 5.43 Å². The molecule has 0 aliphatic carbocycles. The SMILES string of the molecule is C=CC(=O)N1CC[C@H](C(=O)N(C)C(C(=O)N[C@H]2Cc3cccc(c3)-n3ccc4c(c(c(-c5cnn(C)c5[C@H](C)OC)n4CC(F)(F)F)CC(C)(C)COC(=O)[C@@H]4CCCN(N4)C2=O)c3=O)C(C)C)C1. The summed E-state index contributed by atoms with van der Waals surface area (Å²) in [4.78, 5) is 87.2. The maximum atomic E-state index is 15.1. The number of ether oxygens (including phenoxy) is 2. The summed E-state index contributed by atoms with van der Waals surface area (Å²) in [5.74, 6) is -3.40. The van der Waals surface area contributed by atoms with Crippen molar-refractivity contribution >= 4 is 40.5 Å². The number of carbonyl (C=O) groups is 5. The van der Waals surface area contributed by atoms with Crippen LogP contribution in [-0.2, 0) is 59.9 Å². The Morgan fingerprint density at radius 3 is 2.54 bits per heavy atom. The summed E-state index contributed by atoms with van der Waals surface area (Å²) in [6.07, 6.45) is -0.193. The van der Waals surface area contributed by atoms with E-state index in [1.54, 1.807) is 65.9 Å². The van der Waals surface area contributed by atoms with Gasteiger partial charge in [0.05, 0.1) is 47.1 Å². The van der Waals surface area contributed by atoms with Crippen LogP contribution in [0.15, 0.2) is 60.2 Å². The van der Waals surface area contributed by atoms with Gasteiger partial charge >= 0.3 is 12.1 Å². The number of halogens is 3. The van der Waals surface area contributed by atoms with Crippen molar-refractivity contribution < 1.29 is 46.6 Å². The first-order chi connectivity index (χ1) is 32.5. The van der Waals surface area contributed by atoms with Gasteiger partial charge in [0.25, 0.3) is 11.5 Å². The van der Waals surface area contributed by atoms with Crippen LogP contribution in [0.5, 0.6) is 0 Å². The molecule has 3 aliphatic rings. The number of fused-ring (bicyclic) bond motifs is 6. The first-order valence-electron chi connectivity index (χ1n) is 23.2. The highest BCUT2D eigenvalue weighted by Crippen LogP contribution is 2.41. The maximum Gasteiger partial charge on any atom is 0.406 e. The molecule has 6 heterocycles. The summed E-state index contributed by atoms with van der Waals surface area (Å²) in [6.45, 7) is 11.6. The molecule has 0 saturated carbocycles. The molecule has 372 valence electrons. The first-order valence-corrected chi connectivity index (χ1v) is 23.2. The van der Waals surface area contributed by atoms with E-state index in [1.165, 1.54) is 62.8 Å². The zero-order valence-electron chi connectivity index (χ0n) is 40.4. The standard InChI is InChI=1S/C49H62F3N9O8/c1-10-38(62)58-19-16-31(25-58)44(64)56(7)40(28(2)3)43(63)54-36-22-30-13-11-14-32(21-30)59-20-17-37-39(46(59)66)33(23-48(5,6)27-69-47(67)35-15-12-18-61(55-35)45(36)65)42(60(37)26-49(50,51)52)34-24-53-57(8)41(34)29(4)68-9/h10-11,13-14,17,20-21,24,28-29,31,35-36,40,55H,1,12,15-16,18-19,22-23,25-27H2,2-9H3,(H,54,63)/t29-,31-,35-,36-,40?/m0/s1. The van der Waals surface area contributed by atoms with Crippen molar-refractivity contribution in [3.05, 3.63) is 82.6 Å². The highest BCUT2D eigenvalue weighted by molar-refractivity contribution is 5.94. The van der Waals surface area contributed by atoms with Gasteiger partial charge in [-0.15, -0.1) is 0 Å². The normalized spacial score (nSPS) is 20.9. The van der Waals surface area contributed by atoms with Crippen molar-refractivity contribution in [1.82, 2.24) is 44.5 Å². The van der Waals surface area contributed by atoms with Crippen LogP contribution in [0.25, 0.3) is 27.8 Å². The minimum absolute atomic E-state index is 0.00227. The Morgan fingerprint density at radius 2 is 1.86 bits per heavy atom. The molecule has 2 fully saturated rings. The molecule has 5 atom stereocenters. The van der Waals surface area contributed by atoms with Crippen molar-refractivity contribution in [1.29, 1.82) is 0 Å². The van der Waals surface area contributed by atoms with Crippen molar-refractivity contribution in [3.63, 3.8) is 0 Å². The monoisotopic (exact) mass is 961 g/mol. The van der Waals surface area contributed by atoms with E-state index in [9.17, 15) is 37.1 Å². The molecule has 2 N–H and O–H groups in total. The predicted molar refractivity (Wildman–Crippen MR) is 249 cm³/mol. The lowest BCUT2D eigenvalue weighted by Crippen LogP contribution is -2.62. The van der Waals surface area contributed by atoms with E-state index in [2.05, 4.69) is 22.4 Å². The molecule has 1 aromatic carbocycles. The highest BCUT2D eigenvalue weighted by atomic mass is 19.4. The van der Waals surface area contributed by atoms with Gasteiger partial charge in [0.2, 0.25) is 17.7 Å². The molecule has 1 unspecified atom stereocenters. The number of likely N-dealkylation sites (N-methyl/N-ethyl adjacent to an activating group) is 1. The minimum Gasteiger partial charge on any atom is -0.464 e. The number of aryl methyl sites for hydroxylation is 1. The number of nitrogens with zero attached hydrogens (tertiary/aromatic N) is 7. The van der Waals surface area contributed by atoms with Gasteiger partial charge in [0.1, 0.15) is 24.7 Å². The number of hydrogen-bond acceptors (Lipinski definition) is 10. The lowest BCUT2D eigenvalue weighted by atomic mass is 9.84. The predicted octanol–water partition coefficient (Wildman–Crippen LogP) is 4.63. The first kappa shape index (κ1) is 50.6. The minimum atomic E-state index is -4.71. The molecule has 17 nitrogen and oxygen atoms in total. The lowest BCUT2D eigenvalue weighted by Gasteiger charge is -2.37. The number of hydrazine groups is 1. The van der Waals surface area contributed by atoms with E-state index in [4.69, 9.17) is 9.47 Å². The van der Waals surface area contributed by atoms with Crippen LogP contribution in [0.1, 0.15) is 76.8 Å². The molecule has 3 aromatic heterocycles. The number of rotatable bonds is 10. The smallest absolute Gasteiger partial charge is 0.406 e. The van der Waals surface area contributed by atoms with Crippen LogP contribution in [0.2, 0.25) is 0 Å². The van der Waals surface area contributed by atoms with Gasteiger partial charge in [-0.2, -0.15) is 18.3 Å². The fourth-order valence-corrected chi connectivity index (χ4v) is 10.1. The Balaban J connectivity index is 1.34. The summed E-state index contributed by atoms with van der Waals surface area (Å²) in [5, 5.41) is 8.68. The van der Waals surface area contributed by atoms with Crippen LogP contribution in [0.3, 0.4) is 0 Å². The number of hydrogen-bond donors (Lipinski definition) is 2. The highest BCUT2D eigenvalue weighted by Gasteiger charge is 2.41. The molecule has 0 spiro atoms. The largest absolute Gasteiger partial charge is 0.464 e. The number of aromatic nitrogens is 4. The number of benzene rings is 1. The average molecular weight is 962 g/mol. The molecule has 6 bridgehead atoms. The number of amides is 4. The Kier molecular flexibility index (Phi) is 14.7. The topological polar surface area (TPSA) is 182 Å². The second-order valence-electron chi connectivity index (χ2n) is 19.5. The fraction of sp³-hybridized carbons (Fsp3) is 0.531. The van der Waals surface area contributed by atoms with E-state index in [0.29, 0.717) is 53.9 Å². The lowest BCUT2D eigenvalue weighted by molar-refractivity contribution is -0.155. The van der Waals surface area contributed by atoms with Crippen molar-refractivity contribution in [2.75, 3.05) is 40.4 Å². The van der Waals surface area contributed by atoms with Gasteiger partial charge in [-0.1, -0.05) is 46.4 Å². The third-order valence-corrected chi connectivity index (χ3v) is 13.5. The molecule has 4 aromatic rings. The van der Waals surface area contributed by atoms with Crippen molar-refractivity contribution in [3.8, 4) is 16.9 Å². The van der Waals surface area contributed by atoms with E-state index in [1.807, 2.05) is 0 Å². The van der Waals surface area contributed by atoms with Gasteiger partial charge in [0.15, 0.2) is 0 Å². The van der Waals surface area contributed by atoms with Crippen molar-refractivity contribution in [2.45, 2.75) is 104 Å². The number of likely N-dealkylation sites (tertiary alicyclic amines) is 1. The van der Waals surface area contributed by atoms with E-state index < -0.39 is 77.5 Å². The number of alkyl halides is 3. The zero-order chi connectivity index (χ0) is 50.3. The van der Waals surface area contributed by atoms with E-state index in [0.717, 1.165) is 4.57 Å². The van der Waals surface area contributed by atoms with Gasteiger partial charge in [0, 0.05) is 70.1 Å². The average Bonchev–Trinajstić information content (AvgIpc) is 4.02. The maximum absolute atomic E-state index is 15.1. The number of cyclic esters (lactones) is 1. The summed E-state index contributed by atoms with van der Waals surface area (Å²) in [7, 11) is 4.67. The Labute approximate surface area is 398 Å². The van der Waals surface area contributed by atoms with E-state index >= 15 is 4.79 Å². The molecule has 4 amide bonds. The van der Waals surface area contributed by atoms with Gasteiger partial charge < -0.3 is 29.2 Å². The van der Waals surface area contributed by atoms with Crippen LogP contribution in [0, 0.1) is 17.3 Å². The fourth-order valence-electron chi connectivity index (χ4n) is 10.1. The molecule has 20 heteroatoms. The summed E-state index contributed by atoms with van der Waals surface area (Å²) >= 11 is 0. The second-order valence-corrected chi connectivity index (χ2v) is 19.5. The van der Waals surface area contributed by atoms with E-state index in [-0.39, 0.29) is 60.9 Å². The Hall–Kier alpha value is -6.28. The molecule has 69 heavy (non-hydrogen) atoms. The molecule has 3 aliphatic heterocycles. The molecular weight excluding hydrogens is 900 g/mol. The third kappa shape index (κ3) is 10.5.